The second-order valence-electron chi connectivity index (χ2n) is 6.83. The quantitative estimate of drug-likeness (QED) is 0.352. The molecule has 0 aliphatic heterocycles. The fourth-order valence-corrected chi connectivity index (χ4v) is 2.92. The van der Waals surface area contributed by atoms with E-state index in [-0.39, 0.29) is 31.7 Å². The van der Waals surface area contributed by atoms with Crippen LogP contribution in [0.15, 0.2) is 55.0 Å². The Labute approximate surface area is 174 Å². The third-order valence-electron chi connectivity index (χ3n) is 4.61. The highest BCUT2D eigenvalue weighted by Crippen LogP contribution is 2.17. The van der Waals surface area contributed by atoms with Gasteiger partial charge in [0.15, 0.2) is 0 Å². The highest BCUT2D eigenvalue weighted by atomic mass is 16.3. The van der Waals surface area contributed by atoms with Gasteiger partial charge in [-0.15, -0.1) is 0 Å². The van der Waals surface area contributed by atoms with Gasteiger partial charge in [-0.05, 0) is 18.6 Å². The molecule has 0 aliphatic rings. The lowest BCUT2D eigenvalue weighted by atomic mass is 10.1. The summed E-state index contributed by atoms with van der Waals surface area (Å²) in [7, 11) is 0. The Morgan fingerprint density at radius 3 is 2.50 bits per heavy atom. The summed E-state index contributed by atoms with van der Waals surface area (Å²) in [6, 6.07) is 9.84. The maximum absolute atomic E-state index is 12.7. The van der Waals surface area contributed by atoms with Crippen LogP contribution in [0.2, 0.25) is 0 Å². The number of hydrogen-bond acceptors (Lipinski definition) is 7. The molecule has 0 radical (unpaired) electrons. The predicted molar refractivity (Wildman–Crippen MR) is 111 cm³/mol. The Balaban J connectivity index is 1.78. The maximum atomic E-state index is 12.7. The van der Waals surface area contributed by atoms with Crippen LogP contribution in [-0.2, 0) is 0 Å². The van der Waals surface area contributed by atoms with Gasteiger partial charge in [0.25, 0.3) is 5.91 Å². The lowest BCUT2D eigenvalue weighted by Crippen LogP contribution is -2.30. The largest absolute Gasteiger partial charge is 0.394 e. The van der Waals surface area contributed by atoms with Gasteiger partial charge in [-0.2, -0.15) is 4.98 Å². The molecule has 2 heterocycles. The molecule has 3 aromatic rings. The summed E-state index contributed by atoms with van der Waals surface area (Å²) in [6.45, 7) is 1.10. The highest BCUT2D eigenvalue weighted by molar-refractivity contribution is 5.94. The number of anilines is 1. The molecule has 3 rings (SSSR count). The van der Waals surface area contributed by atoms with Crippen LogP contribution in [0, 0.1) is 6.92 Å². The Bertz CT molecular complexity index is 973. The van der Waals surface area contributed by atoms with E-state index >= 15 is 0 Å². The first kappa shape index (κ1) is 21.4. The molecule has 0 spiro atoms. The van der Waals surface area contributed by atoms with Gasteiger partial charge in [0.1, 0.15) is 5.82 Å². The van der Waals surface area contributed by atoms with E-state index in [9.17, 15) is 20.1 Å². The summed E-state index contributed by atoms with van der Waals surface area (Å²) in [4.78, 5) is 21.3. The third kappa shape index (κ3) is 5.01. The molecular formula is C21H25N5O4. The molecule has 5 N–H and O–H groups in total. The molecule has 1 atom stereocenters. The van der Waals surface area contributed by atoms with Crippen LogP contribution in [0.5, 0.6) is 0 Å². The third-order valence-corrected chi connectivity index (χ3v) is 4.61. The number of carbonyl (C=O) groups excluding carboxylic acids is 1. The van der Waals surface area contributed by atoms with E-state index in [0.717, 1.165) is 11.1 Å². The minimum atomic E-state index is -0.569. The second-order valence-corrected chi connectivity index (χ2v) is 6.83. The molecule has 1 unspecified atom stereocenters. The number of hydrogen-bond donors (Lipinski definition) is 5. The average Bonchev–Trinajstić information content (AvgIpc) is 3.27. The van der Waals surface area contributed by atoms with E-state index in [1.807, 2.05) is 37.3 Å². The highest BCUT2D eigenvalue weighted by Gasteiger charge is 2.17. The smallest absolute Gasteiger partial charge is 0.253 e. The van der Waals surface area contributed by atoms with Crippen molar-refractivity contribution in [3.8, 4) is 5.82 Å². The van der Waals surface area contributed by atoms with Crippen LogP contribution in [0.3, 0.4) is 0 Å². The van der Waals surface area contributed by atoms with Gasteiger partial charge in [-0.1, -0.05) is 30.3 Å². The minimum Gasteiger partial charge on any atom is -0.394 e. The summed E-state index contributed by atoms with van der Waals surface area (Å²) in [5, 5.41) is 33.8. The van der Waals surface area contributed by atoms with E-state index in [0.29, 0.717) is 11.4 Å². The number of carbonyl (C=O) groups is 1. The van der Waals surface area contributed by atoms with Crippen LogP contribution in [0.4, 0.5) is 5.95 Å². The number of nitrogens with zero attached hydrogens (tertiary/aromatic N) is 3. The van der Waals surface area contributed by atoms with E-state index in [1.54, 1.807) is 29.2 Å². The zero-order chi connectivity index (χ0) is 21.5. The molecule has 0 fully saturated rings. The molecule has 1 aromatic carbocycles. The van der Waals surface area contributed by atoms with E-state index in [4.69, 9.17) is 0 Å². The second kappa shape index (κ2) is 9.97. The zero-order valence-corrected chi connectivity index (χ0v) is 16.6. The molecule has 9 heteroatoms. The van der Waals surface area contributed by atoms with Crippen molar-refractivity contribution >= 4 is 11.9 Å². The Morgan fingerprint density at radius 2 is 1.83 bits per heavy atom. The van der Waals surface area contributed by atoms with E-state index in [2.05, 4.69) is 20.6 Å². The molecular weight excluding hydrogens is 386 g/mol. The van der Waals surface area contributed by atoms with Crippen LogP contribution >= 0.6 is 0 Å². The molecule has 0 bridgehead atoms. The standard InChI is InChI=1S/C21H25N5O4/c1-14-9-22-21(23-17(11-27)12-28)25-19(14)26-8-7-16(10-26)20(30)24-18(13-29)15-5-3-2-4-6-15/h2-10,17-18,27-29H,11-13H2,1H3,(H,24,30)(H,22,23,25). The number of aliphatic hydroxyl groups excluding tert-OH is 3. The van der Waals surface area contributed by atoms with Crippen molar-refractivity contribution in [2.24, 2.45) is 0 Å². The number of benzene rings is 1. The first-order valence-electron chi connectivity index (χ1n) is 9.52. The van der Waals surface area contributed by atoms with Crippen molar-refractivity contribution < 1.29 is 20.1 Å². The Morgan fingerprint density at radius 1 is 1.10 bits per heavy atom. The normalized spacial score (nSPS) is 12.0. The minimum absolute atomic E-state index is 0.215. The average molecular weight is 411 g/mol. The van der Waals surface area contributed by atoms with Gasteiger partial charge in [0, 0.05) is 24.2 Å². The molecule has 158 valence electrons. The van der Waals surface area contributed by atoms with Gasteiger partial charge in [-0.3, -0.25) is 4.79 Å². The van der Waals surface area contributed by atoms with Crippen molar-refractivity contribution in [1.82, 2.24) is 19.9 Å². The summed E-state index contributed by atoms with van der Waals surface area (Å²) in [5.74, 6) is 0.498. The first-order chi connectivity index (χ1) is 14.5. The van der Waals surface area contributed by atoms with Crippen LogP contribution in [0.25, 0.3) is 5.82 Å². The van der Waals surface area contributed by atoms with Gasteiger partial charge in [-0.25, -0.2) is 4.98 Å². The Kier molecular flexibility index (Phi) is 7.12. The van der Waals surface area contributed by atoms with Crippen LogP contribution in [-0.4, -0.2) is 61.6 Å². The molecule has 30 heavy (non-hydrogen) atoms. The maximum Gasteiger partial charge on any atom is 0.253 e. The van der Waals surface area contributed by atoms with Crippen LogP contribution < -0.4 is 10.6 Å². The topological polar surface area (TPSA) is 133 Å². The molecule has 2 aromatic heterocycles. The number of aryl methyl sites for hydroxylation is 1. The van der Waals surface area contributed by atoms with E-state index in [1.165, 1.54) is 0 Å². The van der Waals surface area contributed by atoms with Gasteiger partial charge in [0.05, 0.1) is 37.5 Å². The van der Waals surface area contributed by atoms with Crippen molar-refractivity contribution in [3.63, 3.8) is 0 Å². The molecule has 0 saturated heterocycles. The first-order valence-corrected chi connectivity index (χ1v) is 9.52. The summed E-state index contributed by atoms with van der Waals surface area (Å²) in [5.41, 5.74) is 2.02. The van der Waals surface area contributed by atoms with Gasteiger partial charge in [0.2, 0.25) is 5.95 Å². The van der Waals surface area contributed by atoms with Crippen molar-refractivity contribution in [1.29, 1.82) is 0 Å². The van der Waals surface area contributed by atoms with Crippen molar-refractivity contribution in [2.45, 2.75) is 19.0 Å². The van der Waals surface area contributed by atoms with Crippen molar-refractivity contribution in [2.75, 3.05) is 25.1 Å². The molecule has 0 saturated carbocycles. The Hall–Kier alpha value is -3.27. The van der Waals surface area contributed by atoms with Gasteiger partial charge < -0.3 is 30.5 Å². The fraction of sp³-hybridized carbons (Fsp3) is 0.286. The fourth-order valence-electron chi connectivity index (χ4n) is 2.92. The number of nitrogens with one attached hydrogen (secondary N) is 2. The summed E-state index contributed by atoms with van der Waals surface area (Å²) in [6.07, 6.45) is 4.97. The molecule has 9 nitrogen and oxygen atoms in total. The summed E-state index contributed by atoms with van der Waals surface area (Å²) < 4.78 is 1.69. The molecule has 0 aliphatic carbocycles. The lowest BCUT2D eigenvalue weighted by molar-refractivity contribution is 0.0916. The summed E-state index contributed by atoms with van der Waals surface area (Å²) >= 11 is 0. The SMILES string of the molecule is Cc1cnc(NC(CO)CO)nc1-n1ccc(C(=O)NC(CO)c2ccccc2)c1. The number of aromatic nitrogens is 3. The van der Waals surface area contributed by atoms with Gasteiger partial charge >= 0.3 is 0 Å². The number of aliphatic hydroxyl groups is 3. The lowest BCUT2D eigenvalue weighted by Gasteiger charge is -2.16. The number of rotatable bonds is 9. The molecule has 1 amide bonds. The number of amides is 1. The van der Waals surface area contributed by atoms with E-state index < -0.39 is 12.1 Å². The monoisotopic (exact) mass is 411 g/mol. The van der Waals surface area contributed by atoms with Crippen molar-refractivity contribution in [3.05, 3.63) is 71.7 Å². The zero-order valence-electron chi connectivity index (χ0n) is 16.6. The predicted octanol–water partition coefficient (Wildman–Crippen LogP) is 0.804. The van der Waals surface area contributed by atoms with Crippen LogP contribution in [0.1, 0.15) is 27.5 Å².